The molecule has 0 spiro atoms. The van der Waals surface area contributed by atoms with Crippen LogP contribution in [0.5, 0.6) is 0 Å². The molecule has 0 aliphatic carbocycles. The second-order valence-electron chi connectivity index (χ2n) is 6.99. The average Bonchev–Trinajstić information content (AvgIpc) is 3.32. The summed E-state index contributed by atoms with van der Waals surface area (Å²) < 4.78 is 2.00. The van der Waals surface area contributed by atoms with Crippen LogP contribution < -0.4 is 0 Å². The number of carbonyl (C=O) groups excluding carboxylic acids is 1. The van der Waals surface area contributed by atoms with Crippen LogP contribution in [0, 0.1) is 0 Å². The Balaban J connectivity index is 1.59. The molecule has 1 aliphatic rings. The highest BCUT2D eigenvalue weighted by molar-refractivity contribution is 6.05. The second-order valence-corrected chi connectivity index (χ2v) is 6.99. The molecule has 1 atom stereocenters. The molecule has 2 aromatic carbocycles. The summed E-state index contributed by atoms with van der Waals surface area (Å²) in [5.41, 5.74) is 2.76. The van der Waals surface area contributed by atoms with Gasteiger partial charge in [0.05, 0.1) is 12.4 Å². The number of aromatic nitrogens is 2. The third-order valence-electron chi connectivity index (χ3n) is 5.16. The molecule has 1 aliphatic heterocycles. The van der Waals surface area contributed by atoms with Gasteiger partial charge in [-0.25, -0.2) is 4.98 Å². The standard InChI is InChI=1S/C23H23N3O2/c27-22-21(19-10-5-2-6-11-19)20(16-18-8-3-1-4-9-18)26(23(22)28)14-7-13-25-15-12-24-17-25/h1-6,8-12,15,17,20,27H,7,13-14,16H2. The molecule has 5 heteroatoms. The van der Waals surface area contributed by atoms with Gasteiger partial charge in [0.2, 0.25) is 0 Å². The van der Waals surface area contributed by atoms with Crippen molar-refractivity contribution in [1.82, 2.24) is 14.5 Å². The lowest BCUT2D eigenvalue weighted by atomic mass is 9.94. The van der Waals surface area contributed by atoms with Gasteiger partial charge in [-0.3, -0.25) is 4.79 Å². The van der Waals surface area contributed by atoms with Gasteiger partial charge in [0.25, 0.3) is 5.91 Å². The number of amides is 1. The molecule has 142 valence electrons. The van der Waals surface area contributed by atoms with E-state index in [1.165, 1.54) is 0 Å². The van der Waals surface area contributed by atoms with Gasteiger partial charge in [0, 0.05) is 31.1 Å². The Morgan fingerprint density at radius 1 is 0.964 bits per heavy atom. The number of rotatable bonds is 7. The first-order valence-electron chi connectivity index (χ1n) is 9.53. The predicted molar refractivity (Wildman–Crippen MR) is 108 cm³/mol. The SMILES string of the molecule is O=C1C(O)=C(c2ccccc2)C(Cc2ccccc2)N1CCCn1ccnc1. The highest BCUT2D eigenvalue weighted by Crippen LogP contribution is 2.34. The van der Waals surface area contributed by atoms with Crippen LogP contribution in [-0.2, 0) is 17.8 Å². The second kappa shape index (κ2) is 8.13. The molecule has 28 heavy (non-hydrogen) atoms. The molecule has 1 N–H and O–H groups in total. The Bertz CT molecular complexity index is 950. The van der Waals surface area contributed by atoms with Crippen LogP contribution in [0.15, 0.2) is 85.1 Å². The number of hydrogen-bond acceptors (Lipinski definition) is 3. The zero-order valence-corrected chi connectivity index (χ0v) is 15.6. The first-order valence-corrected chi connectivity index (χ1v) is 9.53. The number of imidazole rings is 1. The van der Waals surface area contributed by atoms with Gasteiger partial charge in [-0.05, 0) is 24.0 Å². The molecule has 1 aromatic heterocycles. The van der Waals surface area contributed by atoms with Crippen LogP contribution >= 0.6 is 0 Å². The Hall–Kier alpha value is -3.34. The van der Waals surface area contributed by atoms with E-state index in [2.05, 4.69) is 17.1 Å². The van der Waals surface area contributed by atoms with E-state index in [1.54, 1.807) is 12.5 Å². The van der Waals surface area contributed by atoms with E-state index in [4.69, 9.17) is 0 Å². The average molecular weight is 373 g/mol. The van der Waals surface area contributed by atoms with Crippen LogP contribution in [0.1, 0.15) is 17.5 Å². The number of carbonyl (C=O) groups is 1. The van der Waals surface area contributed by atoms with E-state index in [0.717, 1.165) is 29.7 Å². The van der Waals surface area contributed by atoms with Crippen molar-refractivity contribution in [2.45, 2.75) is 25.4 Å². The fraction of sp³-hybridized carbons (Fsp3) is 0.217. The van der Waals surface area contributed by atoms with Crippen molar-refractivity contribution in [3.63, 3.8) is 0 Å². The zero-order chi connectivity index (χ0) is 19.3. The van der Waals surface area contributed by atoms with E-state index in [9.17, 15) is 9.90 Å². The van der Waals surface area contributed by atoms with Gasteiger partial charge in [-0.2, -0.15) is 0 Å². The number of nitrogens with zero attached hydrogens (tertiary/aromatic N) is 3. The molecule has 0 bridgehead atoms. The quantitative estimate of drug-likeness (QED) is 0.687. The summed E-state index contributed by atoms with van der Waals surface area (Å²) >= 11 is 0. The maximum absolute atomic E-state index is 12.9. The molecule has 0 radical (unpaired) electrons. The monoisotopic (exact) mass is 373 g/mol. The molecule has 2 heterocycles. The first-order chi connectivity index (χ1) is 13.7. The largest absolute Gasteiger partial charge is 0.503 e. The number of aliphatic hydroxyl groups excluding tert-OH is 1. The summed E-state index contributed by atoms with van der Waals surface area (Å²) in [6.45, 7) is 1.36. The lowest BCUT2D eigenvalue weighted by Gasteiger charge is -2.27. The Morgan fingerprint density at radius 3 is 2.36 bits per heavy atom. The minimum absolute atomic E-state index is 0.130. The van der Waals surface area contributed by atoms with Gasteiger partial charge in [0.15, 0.2) is 5.76 Å². The first kappa shape index (κ1) is 18.0. The van der Waals surface area contributed by atoms with Gasteiger partial charge in [-0.1, -0.05) is 60.7 Å². The van der Waals surface area contributed by atoms with Crippen molar-refractivity contribution in [2.24, 2.45) is 0 Å². The molecule has 4 rings (SSSR count). The van der Waals surface area contributed by atoms with Crippen LogP contribution in [0.25, 0.3) is 5.57 Å². The van der Waals surface area contributed by atoms with E-state index in [0.29, 0.717) is 13.0 Å². The minimum Gasteiger partial charge on any atom is -0.503 e. The van der Waals surface area contributed by atoms with E-state index in [1.807, 2.05) is 64.2 Å². The number of hydrogen-bond donors (Lipinski definition) is 1. The molecule has 0 saturated heterocycles. The van der Waals surface area contributed by atoms with Gasteiger partial charge in [0.1, 0.15) is 0 Å². The van der Waals surface area contributed by atoms with Crippen molar-refractivity contribution in [3.8, 4) is 0 Å². The molecule has 0 saturated carbocycles. The third-order valence-corrected chi connectivity index (χ3v) is 5.16. The zero-order valence-electron chi connectivity index (χ0n) is 15.6. The van der Waals surface area contributed by atoms with Crippen LogP contribution in [0.4, 0.5) is 0 Å². The fourth-order valence-electron chi connectivity index (χ4n) is 3.80. The summed E-state index contributed by atoms with van der Waals surface area (Å²) in [7, 11) is 0. The molecular weight excluding hydrogens is 350 g/mol. The maximum atomic E-state index is 12.9. The summed E-state index contributed by atoms with van der Waals surface area (Å²) in [5.74, 6) is -0.417. The fourth-order valence-corrected chi connectivity index (χ4v) is 3.80. The summed E-state index contributed by atoms with van der Waals surface area (Å²) in [6.07, 6.45) is 6.91. The lowest BCUT2D eigenvalue weighted by molar-refractivity contribution is -0.129. The van der Waals surface area contributed by atoms with Crippen molar-refractivity contribution >= 4 is 11.5 Å². The van der Waals surface area contributed by atoms with E-state index < -0.39 is 0 Å². The van der Waals surface area contributed by atoms with Crippen molar-refractivity contribution in [3.05, 3.63) is 96.3 Å². The summed E-state index contributed by atoms with van der Waals surface area (Å²) in [6, 6.07) is 19.6. The maximum Gasteiger partial charge on any atom is 0.289 e. The van der Waals surface area contributed by atoms with E-state index in [-0.39, 0.29) is 17.7 Å². The molecular formula is C23H23N3O2. The summed E-state index contributed by atoms with van der Waals surface area (Å²) in [4.78, 5) is 18.7. The molecule has 1 unspecified atom stereocenters. The molecule has 0 fully saturated rings. The minimum atomic E-state index is -0.287. The topological polar surface area (TPSA) is 58.4 Å². The normalized spacial score (nSPS) is 16.8. The Morgan fingerprint density at radius 2 is 1.68 bits per heavy atom. The molecule has 5 nitrogen and oxygen atoms in total. The summed E-state index contributed by atoms with van der Waals surface area (Å²) in [5, 5.41) is 10.7. The number of benzene rings is 2. The van der Waals surface area contributed by atoms with E-state index >= 15 is 0 Å². The smallest absolute Gasteiger partial charge is 0.289 e. The Kier molecular flexibility index (Phi) is 5.24. The molecule has 3 aromatic rings. The highest BCUT2D eigenvalue weighted by Gasteiger charge is 2.39. The molecule has 1 amide bonds. The van der Waals surface area contributed by atoms with Gasteiger partial charge in [-0.15, -0.1) is 0 Å². The lowest BCUT2D eigenvalue weighted by Crippen LogP contribution is -2.38. The van der Waals surface area contributed by atoms with Crippen LogP contribution in [-0.4, -0.2) is 38.1 Å². The third kappa shape index (κ3) is 3.69. The Labute approximate surface area is 164 Å². The number of aliphatic hydroxyl groups is 1. The van der Waals surface area contributed by atoms with Crippen LogP contribution in [0.2, 0.25) is 0 Å². The van der Waals surface area contributed by atoms with Crippen molar-refractivity contribution in [2.75, 3.05) is 6.54 Å². The number of aryl methyl sites for hydroxylation is 1. The van der Waals surface area contributed by atoms with Crippen molar-refractivity contribution < 1.29 is 9.90 Å². The van der Waals surface area contributed by atoms with Gasteiger partial charge >= 0.3 is 0 Å². The van der Waals surface area contributed by atoms with Crippen molar-refractivity contribution in [1.29, 1.82) is 0 Å². The van der Waals surface area contributed by atoms with Gasteiger partial charge < -0.3 is 14.6 Å². The predicted octanol–water partition coefficient (Wildman–Crippen LogP) is 3.70. The van der Waals surface area contributed by atoms with Crippen LogP contribution in [0.3, 0.4) is 0 Å². The highest BCUT2D eigenvalue weighted by atomic mass is 16.3.